The fourth-order valence-electron chi connectivity index (χ4n) is 3.99. The molecular formula is C29H31Cl3N2O3. The van der Waals surface area contributed by atoms with Gasteiger partial charge in [0.15, 0.2) is 6.61 Å². The average molecular weight is 562 g/mol. The molecule has 0 spiro atoms. The maximum absolute atomic E-state index is 13.7. The maximum Gasteiger partial charge on any atom is 0.261 e. The maximum atomic E-state index is 13.7. The Hall–Kier alpha value is -2.73. The molecule has 0 saturated heterocycles. The van der Waals surface area contributed by atoms with Gasteiger partial charge in [-0.15, -0.1) is 0 Å². The minimum atomic E-state index is -0.800. The smallest absolute Gasteiger partial charge is 0.261 e. The Balaban J connectivity index is 1.95. The van der Waals surface area contributed by atoms with E-state index in [0.29, 0.717) is 39.3 Å². The van der Waals surface area contributed by atoms with E-state index in [-0.39, 0.29) is 25.0 Å². The standard InChI is InChI=1S/C29H31Cl3N2O3/c1-4-13-33-29(36)26(16-21-9-6-5-7-10-21)34(17-23-24(30)11-8-12-25(23)31)27(35)18-37-22-14-19(2)28(32)20(3)15-22/h5-12,14-15,26H,4,13,16-18H2,1-3H3,(H,33,36)/t26-/m1/s1. The summed E-state index contributed by atoms with van der Waals surface area (Å²) in [6.07, 6.45) is 1.09. The molecule has 0 aliphatic heterocycles. The number of nitrogens with zero attached hydrogens (tertiary/aromatic N) is 1. The lowest BCUT2D eigenvalue weighted by Crippen LogP contribution is -2.51. The van der Waals surface area contributed by atoms with E-state index in [2.05, 4.69) is 5.32 Å². The Morgan fingerprint density at radius 3 is 2.16 bits per heavy atom. The number of benzene rings is 3. The van der Waals surface area contributed by atoms with Gasteiger partial charge in [0.1, 0.15) is 11.8 Å². The van der Waals surface area contributed by atoms with E-state index in [4.69, 9.17) is 39.5 Å². The minimum Gasteiger partial charge on any atom is -0.484 e. The minimum absolute atomic E-state index is 0.0520. The molecule has 3 aromatic rings. The molecule has 3 rings (SSSR count). The second-order valence-electron chi connectivity index (χ2n) is 8.88. The number of carbonyl (C=O) groups excluding carboxylic acids is 2. The second kappa shape index (κ2) is 13.7. The molecule has 0 saturated carbocycles. The summed E-state index contributed by atoms with van der Waals surface area (Å²) in [7, 11) is 0. The summed E-state index contributed by atoms with van der Waals surface area (Å²) in [6.45, 7) is 6.01. The van der Waals surface area contributed by atoms with E-state index >= 15 is 0 Å². The Morgan fingerprint density at radius 2 is 1.57 bits per heavy atom. The van der Waals surface area contributed by atoms with Gasteiger partial charge < -0.3 is 15.0 Å². The second-order valence-corrected chi connectivity index (χ2v) is 10.1. The lowest BCUT2D eigenvalue weighted by atomic mass is 10.0. The van der Waals surface area contributed by atoms with Gasteiger partial charge in [-0.3, -0.25) is 9.59 Å². The van der Waals surface area contributed by atoms with Gasteiger partial charge in [-0.25, -0.2) is 0 Å². The zero-order valence-electron chi connectivity index (χ0n) is 21.2. The van der Waals surface area contributed by atoms with Gasteiger partial charge in [0.05, 0.1) is 0 Å². The third kappa shape index (κ3) is 7.88. The molecule has 0 aromatic heterocycles. The summed E-state index contributed by atoms with van der Waals surface area (Å²) in [6, 6.07) is 17.5. The van der Waals surface area contributed by atoms with Gasteiger partial charge in [-0.05, 0) is 61.2 Å². The number of nitrogens with one attached hydrogen (secondary N) is 1. The van der Waals surface area contributed by atoms with Crippen LogP contribution in [0.15, 0.2) is 60.7 Å². The van der Waals surface area contributed by atoms with Crippen LogP contribution in [0.1, 0.15) is 35.6 Å². The summed E-state index contributed by atoms with van der Waals surface area (Å²) < 4.78 is 5.88. The fourth-order valence-corrected chi connectivity index (χ4v) is 4.62. The van der Waals surface area contributed by atoms with Crippen LogP contribution >= 0.6 is 34.8 Å². The van der Waals surface area contributed by atoms with Crippen molar-refractivity contribution < 1.29 is 14.3 Å². The summed E-state index contributed by atoms with van der Waals surface area (Å²) in [5.41, 5.74) is 3.19. The van der Waals surface area contributed by atoms with Crippen LogP contribution in [-0.2, 0) is 22.6 Å². The largest absolute Gasteiger partial charge is 0.484 e. The van der Waals surface area contributed by atoms with Crippen LogP contribution in [0, 0.1) is 13.8 Å². The third-order valence-electron chi connectivity index (χ3n) is 5.98. The predicted octanol–water partition coefficient (Wildman–Crippen LogP) is 6.81. The molecule has 1 atom stereocenters. The number of halogens is 3. The molecule has 3 aromatic carbocycles. The molecule has 8 heteroatoms. The van der Waals surface area contributed by atoms with E-state index in [1.165, 1.54) is 4.90 Å². The summed E-state index contributed by atoms with van der Waals surface area (Å²) in [4.78, 5) is 28.6. The van der Waals surface area contributed by atoms with Crippen molar-refractivity contribution in [3.63, 3.8) is 0 Å². The zero-order valence-corrected chi connectivity index (χ0v) is 23.5. The van der Waals surface area contributed by atoms with Crippen molar-refractivity contribution in [2.45, 2.75) is 46.2 Å². The van der Waals surface area contributed by atoms with Gasteiger partial charge in [0, 0.05) is 40.1 Å². The van der Waals surface area contributed by atoms with Crippen molar-refractivity contribution >= 4 is 46.6 Å². The highest BCUT2D eigenvalue weighted by Crippen LogP contribution is 2.28. The first-order valence-corrected chi connectivity index (χ1v) is 13.3. The van der Waals surface area contributed by atoms with Crippen molar-refractivity contribution in [3.8, 4) is 5.75 Å². The molecule has 37 heavy (non-hydrogen) atoms. The van der Waals surface area contributed by atoms with Crippen LogP contribution in [0.5, 0.6) is 5.75 Å². The normalized spacial score (nSPS) is 11.6. The zero-order chi connectivity index (χ0) is 26.9. The first-order valence-electron chi connectivity index (χ1n) is 12.1. The van der Waals surface area contributed by atoms with Crippen molar-refractivity contribution in [2.75, 3.05) is 13.2 Å². The van der Waals surface area contributed by atoms with Gasteiger partial charge >= 0.3 is 0 Å². The molecule has 0 heterocycles. The van der Waals surface area contributed by atoms with Crippen LogP contribution in [0.4, 0.5) is 0 Å². The van der Waals surface area contributed by atoms with Gasteiger partial charge in [0.2, 0.25) is 5.91 Å². The van der Waals surface area contributed by atoms with Crippen molar-refractivity contribution in [1.29, 1.82) is 0 Å². The SMILES string of the molecule is CCCNC(=O)[C@@H](Cc1ccccc1)N(Cc1c(Cl)cccc1Cl)C(=O)COc1cc(C)c(Cl)c(C)c1. The Morgan fingerprint density at radius 1 is 0.946 bits per heavy atom. The number of hydrogen-bond donors (Lipinski definition) is 1. The number of ether oxygens (including phenoxy) is 1. The number of rotatable bonds is 11. The molecule has 0 aliphatic carbocycles. The lowest BCUT2D eigenvalue weighted by Gasteiger charge is -2.32. The Labute approximate surface area is 233 Å². The van der Waals surface area contributed by atoms with Crippen LogP contribution in [0.25, 0.3) is 0 Å². The highest BCUT2D eigenvalue weighted by Gasteiger charge is 2.31. The first-order chi connectivity index (χ1) is 17.7. The third-order valence-corrected chi connectivity index (χ3v) is 7.29. The van der Waals surface area contributed by atoms with Crippen molar-refractivity contribution in [1.82, 2.24) is 10.2 Å². The molecular weight excluding hydrogens is 531 g/mol. The van der Waals surface area contributed by atoms with Crippen LogP contribution < -0.4 is 10.1 Å². The van der Waals surface area contributed by atoms with Gasteiger partial charge in [-0.2, -0.15) is 0 Å². The highest BCUT2D eigenvalue weighted by atomic mass is 35.5. The Kier molecular flexibility index (Phi) is 10.7. The highest BCUT2D eigenvalue weighted by molar-refractivity contribution is 6.36. The number of aryl methyl sites for hydroxylation is 2. The average Bonchev–Trinajstić information content (AvgIpc) is 2.88. The predicted molar refractivity (Wildman–Crippen MR) is 151 cm³/mol. The quantitative estimate of drug-likeness (QED) is 0.280. The van der Waals surface area contributed by atoms with Gasteiger partial charge in [-0.1, -0.05) is 78.1 Å². The van der Waals surface area contributed by atoms with Gasteiger partial charge in [0.25, 0.3) is 5.91 Å². The molecule has 2 amide bonds. The van der Waals surface area contributed by atoms with E-state index in [0.717, 1.165) is 23.1 Å². The monoisotopic (exact) mass is 560 g/mol. The molecule has 0 radical (unpaired) electrons. The first kappa shape index (κ1) is 28.8. The number of carbonyl (C=O) groups is 2. The topological polar surface area (TPSA) is 58.6 Å². The lowest BCUT2D eigenvalue weighted by molar-refractivity contribution is -0.142. The summed E-state index contributed by atoms with van der Waals surface area (Å²) >= 11 is 19.2. The van der Waals surface area contributed by atoms with E-state index in [1.807, 2.05) is 51.1 Å². The van der Waals surface area contributed by atoms with Crippen LogP contribution in [-0.4, -0.2) is 35.9 Å². The molecule has 5 nitrogen and oxygen atoms in total. The molecule has 196 valence electrons. The molecule has 0 fully saturated rings. The molecule has 0 bridgehead atoms. The number of hydrogen-bond acceptors (Lipinski definition) is 3. The van der Waals surface area contributed by atoms with Crippen LogP contribution in [0.3, 0.4) is 0 Å². The number of amides is 2. The molecule has 0 unspecified atom stereocenters. The fraction of sp³-hybridized carbons (Fsp3) is 0.310. The molecule has 0 aliphatic rings. The van der Waals surface area contributed by atoms with Crippen LogP contribution in [0.2, 0.25) is 15.1 Å². The summed E-state index contributed by atoms with van der Waals surface area (Å²) in [5, 5.41) is 4.44. The Bertz CT molecular complexity index is 1190. The van der Waals surface area contributed by atoms with E-state index in [1.54, 1.807) is 30.3 Å². The van der Waals surface area contributed by atoms with E-state index in [9.17, 15) is 9.59 Å². The van der Waals surface area contributed by atoms with Crippen molar-refractivity contribution in [2.24, 2.45) is 0 Å². The van der Waals surface area contributed by atoms with Crippen molar-refractivity contribution in [3.05, 3.63) is 98.0 Å². The molecule has 1 N–H and O–H groups in total. The summed E-state index contributed by atoms with van der Waals surface area (Å²) in [5.74, 6) is -0.0900. The van der Waals surface area contributed by atoms with E-state index < -0.39 is 6.04 Å².